The second-order valence-electron chi connectivity index (χ2n) is 6.19. The fourth-order valence-corrected chi connectivity index (χ4v) is 3.63. The minimum absolute atomic E-state index is 0.0923. The molecular weight excluding hydrogens is 374 g/mol. The lowest BCUT2D eigenvalue weighted by molar-refractivity contribution is -0.121. The van der Waals surface area contributed by atoms with Crippen molar-refractivity contribution in [1.82, 2.24) is 20.9 Å². The van der Waals surface area contributed by atoms with E-state index in [2.05, 4.69) is 39.7 Å². The summed E-state index contributed by atoms with van der Waals surface area (Å²) >= 11 is 5.05. The third kappa shape index (κ3) is 5.67. The number of aliphatic imine (C=N–C) groups is 1. The van der Waals surface area contributed by atoms with Crippen LogP contribution < -0.4 is 20.9 Å². The van der Waals surface area contributed by atoms with Gasteiger partial charge in [-0.05, 0) is 36.7 Å². The number of hydrogen-bond acceptors (Lipinski definition) is 5. The van der Waals surface area contributed by atoms with Crippen molar-refractivity contribution in [2.75, 3.05) is 13.1 Å². The molecule has 0 saturated carbocycles. The van der Waals surface area contributed by atoms with E-state index in [0.29, 0.717) is 16.6 Å². The molecule has 1 amide bonds. The molecule has 4 N–H and O–H groups in total. The van der Waals surface area contributed by atoms with E-state index in [1.165, 1.54) is 6.07 Å². The Labute approximate surface area is 158 Å². The van der Waals surface area contributed by atoms with Crippen LogP contribution in [0.3, 0.4) is 0 Å². The topological polar surface area (TPSA) is 112 Å². The average molecular weight is 398 g/mol. The Balaban J connectivity index is 1.77. The minimum Gasteiger partial charge on any atom is -0.361 e. The summed E-state index contributed by atoms with van der Waals surface area (Å²) in [6.07, 6.45) is 1.07. The number of thiocarbonyl (C=S) groups is 1. The number of amides is 1. The van der Waals surface area contributed by atoms with Gasteiger partial charge in [0, 0.05) is 18.5 Å². The number of carbonyl (C=O) groups is 1. The zero-order valence-electron chi connectivity index (χ0n) is 14.7. The highest BCUT2D eigenvalue weighted by Crippen LogP contribution is 2.22. The highest BCUT2D eigenvalue weighted by Gasteiger charge is 2.29. The molecular formula is C16H23N5O3S2. The maximum Gasteiger partial charge on any atom is 0.263 e. The quantitative estimate of drug-likeness (QED) is 0.414. The van der Waals surface area contributed by atoms with Crippen molar-refractivity contribution in [3.63, 3.8) is 0 Å². The third-order valence-electron chi connectivity index (χ3n) is 3.59. The van der Waals surface area contributed by atoms with Crippen LogP contribution in [0.5, 0.6) is 0 Å². The van der Waals surface area contributed by atoms with Gasteiger partial charge in [-0.3, -0.25) is 25.4 Å². The van der Waals surface area contributed by atoms with E-state index >= 15 is 0 Å². The summed E-state index contributed by atoms with van der Waals surface area (Å²) in [7, 11) is -3.56. The number of hydrogen-bond donors (Lipinski definition) is 4. The second-order valence-corrected chi connectivity index (χ2v) is 8.25. The molecule has 1 aliphatic heterocycles. The molecule has 0 aliphatic carbocycles. The van der Waals surface area contributed by atoms with Crippen molar-refractivity contribution in [2.24, 2.45) is 10.9 Å². The van der Waals surface area contributed by atoms with E-state index < -0.39 is 10.0 Å². The number of carbonyl (C=O) groups excluding carboxylic acids is 1. The molecule has 0 saturated heterocycles. The zero-order chi connectivity index (χ0) is 19.2. The lowest BCUT2D eigenvalue weighted by atomic mass is 10.1. The van der Waals surface area contributed by atoms with Crippen LogP contribution in [0.1, 0.15) is 32.3 Å². The van der Waals surface area contributed by atoms with Crippen LogP contribution in [0.25, 0.3) is 0 Å². The minimum atomic E-state index is -3.56. The van der Waals surface area contributed by atoms with E-state index in [-0.39, 0.29) is 29.6 Å². The molecule has 10 heteroatoms. The van der Waals surface area contributed by atoms with Gasteiger partial charge in [0.25, 0.3) is 10.0 Å². The van der Waals surface area contributed by atoms with Crippen LogP contribution in [0.15, 0.2) is 34.2 Å². The zero-order valence-corrected chi connectivity index (χ0v) is 16.3. The molecule has 1 aromatic rings. The normalized spacial score (nSPS) is 16.0. The molecule has 0 radical (unpaired) electrons. The van der Waals surface area contributed by atoms with Crippen LogP contribution in [0, 0.1) is 5.92 Å². The number of amidine groups is 1. The second kappa shape index (κ2) is 8.95. The van der Waals surface area contributed by atoms with E-state index in [0.717, 1.165) is 13.0 Å². The molecule has 8 nitrogen and oxygen atoms in total. The smallest absolute Gasteiger partial charge is 0.263 e. The molecule has 0 aromatic heterocycles. The maximum absolute atomic E-state index is 12.0. The van der Waals surface area contributed by atoms with Crippen LogP contribution in [-0.2, 0) is 14.8 Å². The van der Waals surface area contributed by atoms with Crippen molar-refractivity contribution in [2.45, 2.75) is 31.6 Å². The van der Waals surface area contributed by atoms with Gasteiger partial charge in [-0.25, -0.2) is 8.42 Å². The van der Waals surface area contributed by atoms with E-state index in [4.69, 9.17) is 12.2 Å². The number of fused-ring (bicyclic) bond motifs is 1. The molecule has 0 unspecified atom stereocenters. The van der Waals surface area contributed by atoms with Crippen molar-refractivity contribution >= 4 is 39.1 Å². The molecule has 2 rings (SSSR count). The van der Waals surface area contributed by atoms with Gasteiger partial charge in [0.2, 0.25) is 5.91 Å². The summed E-state index contributed by atoms with van der Waals surface area (Å²) in [6.45, 7) is 5.11. The monoisotopic (exact) mass is 397 g/mol. The van der Waals surface area contributed by atoms with Crippen LogP contribution >= 0.6 is 12.2 Å². The molecule has 1 heterocycles. The third-order valence-corrected chi connectivity index (χ3v) is 5.24. The van der Waals surface area contributed by atoms with Gasteiger partial charge < -0.3 is 5.32 Å². The average Bonchev–Trinajstić information content (AvgIpc) is 2.84. The highest BCUT2D eigenvalue weighted by atomic mass is 32.2. The largest absolute Gasteiger partial charge is 0.361 e. The predicted molar refractivity (Wildman–Crippen MR) is 104 cm³/mol. The first-order valence-electron chi connectivity index (χ1n) is 8.29. The van der Waals surface area contributed by atoms with Crippen LogP contribution in [-0.4, -0.2) is 38.4 Å². The molecule has 0 atom stereocenters. The maximum atomic E-state index is 12.0. The first kappa shape index (κ1) is 20.1. The molecule has 1 aliphatic rings. The molecule has 0 fully saturated rings. The van der Waals surface area contributed by atoms with Gasteiger partial charge in [-0.2, -0.15) is 0 Å². The Morgan fingerprint density at radius 1 is 1.27 bits per heavy atom. The molecule has 142 valence electrons. The SMILES string of the molecule is CC(C)CCNC(=S)NNC(=O)CCN=C1NS(=O)(=O)c2ccccc21. The number of nitrogens with one attached hydrogen (secondary N) is 4. The first-order chi connectivity index (χ1) is 12.3. The summed E-state index contributed by atoms with van der Waals surface area (Å²) in [5.41, 5.74) is 5.62. The molecule has 26 heavy (non-hydrogen) atoms. The van der Waals surface area contributed by atoms with Gasteiger partial charge in [0.1, 0.15) is 5.84 Å². The van der Waals surface area contributed by atoms with Gasteiger partial charge in [0.05, 0.1) is 11.4 Å². The van der Waals surface area contributed by atoms with Gasteiger partial charge in [-0.15, -0.1) is 0 Å². The van der Waals surface area contributed by atoms with Crippen LogP contribution in [0.4, 0.5) is 0 Å². The van der Waals surface area contributed by atoms with Crippen molar-refractivity contribution in [3.8, 4) is 0 Å². The molecule has 1 aromatic carbocycles. The number of nitrogens with zero attached hydrogens (tertiary/aromatic N) is 1. The van der Waals surface area contributed by atoms with E-state index in [1.807, 2.05) is 0 Å². The highest BCUT2D eigenvalue weighted by molar-refractivity contribution is 7.90. The number of sulfonamides is 1. The Morgan fingerprint density at radius 3 is 2.73 bits per heavy atom. The summed E-state index contributed by atoms with van der Waals surface area (Å²) in [5, 5.41) is 3.34. The van der Waals surface area contributed by atoms with Gasteiger partial charge in [0.15, 0.2) is 5.11 Å². The van der Waals surface area contributed by atoms with Gasteiger partial charge >= 0.3 is 0 Å². The lowest BCUT2D eigenvalue weighted by Crippen LogP contribution is -2.47. The number of rotatable bonds is 6. The standard InChI is InChI=1S/C16H23N5O3S2/c1-11(2)7-9-18-16(25)20-19-14(22)8-10-17-15-12-5-3-4-6-13(12)26(23,24)21-15/h3-6,11H,7-10H2,1-2H3,(H,17,21)(H,19,22)(H2,18,20,25). The Kier molecular flexibility index (Phi) is 6.92. The Morgan fingerprint density at radius 2 is 2.00 bits per heavy atom. The number of benzene rings is 1. The summed E-state index contributed by atoms with van der Waals surface area (Å²) in [5.74, 6) is 0.529. The van der Waals surface area contributed by atoms with E-state index in [1.54, 1.807) is 18.2 Å². The van der Waals surface area contributed by atoms with Gasteiger partial charge in [-0.1, -0.05) is 26.0 Å². The Bertz CT molecular complexity index is 806. The number of hydrazine groups is 1. The fraction of sp³-hybridized carbons (Fsp3) is 0.438. The summed E-state index contributed by atoms with van der Waals surface area (Å²) < 4.78 is 26.3. The van der Waals surface area contributed by atoms with Crippen molar-refractivity contribution in [1.29, 1.82) is 0 Å². The fourth-order valence-electron chi connectivity index (χ4n) is 2.23. The van der Waals surface area contributed by atoms with Crippen molar-refractivity contribution in [3.05, 3.63) is 29.8 Å². The molecule has 0 spiro atoms. The van der Waals surface area contributed by atoms with Crippen molar-refractivity contribution < 1.29 is 13.2 Å². The predicted octanol–water partition coefficient (Wildman–Crippen LogP) is 0.657. The summed E-state index contributed by atoms with van der Waals surface area (Å²) in [4.78, 5) is 16.2. The summed E-state index contributed by atoms with van der Waals surface area (Å²) in [6, 6.07) is 6.58. The lowest BCUT2D eigenvalue weighted by Gasteiger charge is -2.12. The Hall–Kier alpha value is -2.20. The first-order valence-corrected chi connectivity index (χ1v) is 10.2. The van der Waals surface area contributed by atoms with Crippen LogP contribution in [0.2, 0.25) is 0 Å². The van der Waals surface area contributed by atoms with E-state index in [9.17, 15) is 13.2 Å². The molecule has 0 bridgehead atoms.